The lowest BCUT2D eigenvalue weighted by atomic mass is 9.97. The van der Waals surface area contributed by atoms with Crippen molar-refractivity contribution < 1.29 is 17.6 Å². The standard InChI is InChI=1S/C19H20BrFN2O3S/c1-13-2-5-16(21)12-18(13)22-19(24)14-8-10-23(11-9-14)27(25,26)17-6-3-15(20)4-7-17/h2-7,12,14H,8-11H2,1H3,(H,22,24). The number of carbonyl (C=O) groups excluding carboxylic acids is 1. The lowest BCUT2D eigenvalue weighted by Gasteiger charge is -2.30. The van der Waals surface area contributed by atoms with Crippen LogP contribution in [0.25, 0.3) is 0 Å². The number of anilines is 1. The second-order valence-electron chi connectivity index (χ2n) is 6.58. The van der Waals surface area contributed by atoms with Crippen molar-refractivity contribution in [1.82, 2.24) is 4.31 Å². The van der Waals surface area contributed by atoms with E-state index in [0.717, 1.165) is 10.0 Å². The molecule has 0 aliphatic carbocycles. The second kappa shape index (κ2) is 8.08. The van der Waals surface area contributed by atoms with Crippen LogP contribution in [0.3, 0.4) is 0 Å². The van der Waals surface area contributed by atoms with Crippen LogP contribution in [0.4, 0.5) is 10.1 Å². The highest BCUT2D eigenvalue weighted by Crippen LogP contribution is 2.26. The van der Waals surface area contributed by atoms with E-state index in [9.17, 15) is 17.6 Å². The number of aryl methyl sites for hydroxylation is 1. The summed E-state index contributed by atoms with van der Waals surface area (Å²) in [6, 6.07) is 10.7. The van der Waals surface area contributed by atoms with Gasteiger partial charge in [-0.3, -0.25) is 4.79 Å². The summed E-state index contributed by atoms with van der Waals surface area (Å²) in [5.41, 5.74) is 1.23. The Morgan fingerprint density at radius 1 is 1.15 bits per heavy atom. The summed E-state index contributed by atoms with van der Waals surface area (Å²) in [5.74, 6) is -0.917. The van der Waals surface area contributed by atoms with Crippen molar-refractivity contribution in [2.75, 3.05) is 18.4 Å². The van der Waals surface area contributed by atoms with E-state index < -0.39 is 15.8 Å². The third-order valence-electron chi connectivity index (χ3n) is 4.73. The summed E-state index contributed by atoms with van der Waals surface area (Å²) >= 11 is 3.29. The molecule has 0 unspecified atom stereocenters. The normalized spacial score (nSPS) is 16.3. The van der Waals surface area contributed by atoms with Gasteiger partial charge in [-0.2, -0.15) is 4.31 Å². The number of nitrogens with zero attached hydrogens (tertiary/aromatic N) is 1. The topological polar surface area (TPSA) is 66.5 Å². The minimum atomic E-state index is -3.57. The number of amides is 1. The predicted molar refractivity (Wildman–Crippen MR) is 105 cm³/mol. The Morgan fingerprint density at radius 2 is 1.78 bits per heavy atom. The van der Waals surface area contributed by atoms with Crippen LogP contribution in [0.2, 0.25) is 0 Å². The van der Waals surface area contributed by atoms with Gasteiger partial charge in [-0.25, -0.2) is 12.8 Å². The van der Waals surface area contributed by atoms with Gasteiger partial charge >= 0.3 is 0 Å². The molecule has 1 aliphatic heterocycles. The van der Waals surface area contributed by atoms with Gasteiger partial charge in [0.15, 0.2) is 0 Å². The molecule has 1 amide bonds. The van der Waals surface area contributed by atoms with Crippen molar-refractivity contribution in [3.63, 3.8) is 0 Å². The van der Waals surface area contributed by atoms with Gasteiger partial charge in [0.05, 0.1) is 4.90 Å². The maximum atomic E-state index is 13.4. The monoisotopic (exact) mass is 454 g/mol. The van der Waals surface area contributed by atoms with Crippen LogP contribution in [0, 0.1) is 18.7 Å². The molecule has 0 bridgehead atoms. The average Bonchev–Trinajstić information content (AvgIpc) is 2.65. The molecule has 1 fully saturated rings. The molecule has 144 valence electrons. The molecule has 27 heavy (non-hydrogen) atoms. The third-order valence-corrected chi connectivity index (χ3v) is 7.18. The molecule has 8 heteroatoms. The number of rotatable bonds is 4. The fourth-order valence-corrected chi connectivity index (χ4v) is 4.81. The molecular formula is C19H20BrFN2O3S. The van der Waals surface area contributed by atoms with Crippen molar-refractivity contribution in [3.05, 3.63) is 58.3 Å². The number of halogens is 2. The number of benzene rings is 2. The minimum Gasteiger partial charge on any atom is -0.326 e. The van der Waals surface area contributed by atoms with E-state index in [2.05, 4.69) is 21.2 Å². The van der Waals surface area contributed by atoms with Crippen molar-refractivity contribution in [2.24, 2.45) is 5.92 Å². The van der Waals surface area contributed by atoms with Crippen LogP contribution in [0.5, 0.6) is 0 Å². The highest BCUT2D eigenvalue weighted by molar-refractivity contribution is 9.10. The summed E-state index contributed by atoms with van der Waals surface area (Å²) in [4.78, 5) is 12.7. The van der Waals surface area contributed by atoms with Crippen LogP contribution in [0.1, 0.15) is 18.4 Å². The Morgan fingerprint density at radius 3 is 2.41 bits per heavy atom. The summed E-state index contributed by atoms with van der Waals surface area (Å²) < 4.78 is 41.0. The quantitative estimate of drug-likeness (QED) is 0.760. The number of nitrogens with one attached hydrogen (secondary N) is 1. The lowest BCUT2D eigenvalue weighted by molar-refractivity contribution is -0.120. The van der Waals surface area contributed by atoms with Crippen LogP contribution < -0.4 is 5.32 Å². The maximum absolute atomic E-state index is 13.4. The summed E-state index contributed by atoms with van der Waals surface area (Å²) in [6.45, 7) is 2.35. The van der Waals surface area contributed by atoms with Crippen molar-refractivity contribution >= 4 is 37.5 Å². The Labute approximate surface area is 166 Å². The zero-order valence-electron chi connectivity index (χ0n) is 14.8. The van der Waals surface area contributed by atoms with E-state index >= 15 is 0 Å². The highest BCUT2D eigenvalue weighted by Gasteiger charge is 2.32. The molecule has 1 heterocycles. The molecule has 1 saturated heterocycles. The van der Waals surface area contributed by atoms with E-state index in [-0.39, 0.29) is 29.8 Å². The molecule has 2 aromatic carbocycles. The molecule has 0 radical (unpaired) electrons. The number of hydrogen-bond acceptors (Lipinski definition) is 3. The van der Waals surface area contributed by atoms with E-state index in [1.54, 1.807) is 37.3 Å². The van der Waals surface area contributed by atoms with E-state index in [0.29, 0.717) is 18.5 Å². The Balaban J connectivity index is 1.63. The van der Waals surface area contributed by atoms with E-state index in [1.165, 1.54) is 16.4 Å². The zero-order valence-corrected chi connectivity index (χ0v) is 17.2. The summed E-state index contributed by atoms with van der Waals surface area (Å²) in [5, 5.41) is 2.76. The molecule has 5 nitrogen and oxygen atoms in total. The van der Waals surface area contributed by atoms with Crippen molar-refractivity contribution in [3.8, 4) is 0 Å². The van der Waals surface area contributed by atoms with Crippen LogP contribution in [0.15, 0.2) is 51.8 Å². The second-order valence-corrected chi connectivity index (χ2v) is 9.43. The third kappa shape index (κ3) is 4.56. The van der Waals surface area contributed by atoms with E-state index in [1.807, 2.05) is 0 Å². The van der Waals surface area contributed by atoms with Gasteiger partial charge in [-0.15, -0.1) is 0 Å². The van der Waals surface area contributed by atoms with E-state index in [4.69, 9.17) is 0 Å². The van der Waals surface area contributed by atoms with Gasteiger partial charge in [-0.1, -0.05) is 22.0 Å². The Kier molecular flexibility index (Phi) is 5.98. The fraction of sp³-hybridized carbons (Fsp3) is 0.316. The van der Waals surface area contributed by atoms with Gasteiger partial charge in [0, 0.05) is 29.2 Å². The van der Waals surface area contributed by atoms with Crippen molar-refractivity contribution in [2.45, 2.75) is 24.7 Å². The van der Waals surface area contributed by atoms with Gasteiger partial charge in [0.25, 0.3) is 0 Å². The molecular weight excluding hydrogens is 435 g/mol. The number of piperidine rings is 1. The first kappa shape index (κ1) is 20.0. The predicted octanol–water partition coefficient (Wildman–Crippen LogP) is 3.94. The molecule has 2 aromatic rings. The lowest BCUT2D eigenvalue weighted by Crippen LogP contribution is -2.41. The molecule has 0 atom stereocenters. The minimum absolute atomic E-state index is 0.204. The van der Waals surface area contributed by atoms with Gasteiger partial charge in [0.2, 0.25) is 15.9 Å². The maximum Gasteiger partial charge on any atom is 0.243 e. The smallest absolute Gasteiger partial charge is 0.243 e. The molecule has 0 spiro atoms. The Hall–Kier alpha value is -1.77. The Bertz CT molecular complexity index is 940. The summed E-state index contributed by atoms with van der Waals surface area (Å²) in [6.07, 6.45) is 0.853. The summed E-state index contributed by atoms with van der Waals surface area (Å²) in [7, 11) is -3.57. The fourth-order valence-electron chi connectivity index (χ4n) is 3.08. The highest BCUT2D eigenvalue weighted by atomic mass is 79.9. The number of carbonyl (C=O) groups is 1. The average molecular weight is 455 g/mol. The molecule has 3 rings (SSSR count). The largest absolute Gasteiger partial charge is 0.326 e. The number of hydrogen-bond donors (Lipinski definition) is 1. The van der Waals surface area contributed by atoms with Gasteiger partial charge < -0.3 is 5.32 Å². The SMILES string of the molecule is Cc1ccc(F)cc1NC(=O)C1CCN(S(=O)(=O)c2ccc(Br)cc2)CC1. The molecule has 1 aliphatic rings. The molecule has 0 saturated carbocycles. The van der Waals surface area contributed by atoms with Crippen molar-refractivity contribution in [1.29, 1.82) is 0 Å². The first-order valence-electron chi connectivity index (χ1n) is 8.60. The molecule has 1 N–H and O–H groups in total. The number of sulfonamides is 1. The van der Waals surface area contributed by atoms with Crippen LogP contribution in [-0.4, -0.2) is 31.7 Å². The molecule has 0 aromatic heterocycles. The zero-order chi connectivity index (χ0) is 19.6. The van der Waals surface area contributed by atoms with Gasteiger partial charge in [-0.05, 0) is 61.7 Å². The first-order valence-corrected chi connectivity index (χ1v) is 10.8. The first-order chi connectivity index (χ1) is 12.8. The van der Waals surface area contributed by atoms with Crippen LogP contribution in [-0.2, 0) is 14.8 Å². The van der Waals surface area contributed by atoms with Crippen LogP contribution >= 0.6 is 15.9 Å². The van der Waals surface area contributed by atoms with Gasteiger partial charge in [0.1, 0.15) is 5.82 Å².